The Morgan fingerprint density at radius 1 is 0.950 bits per heavy atom. The highest BCUT2D eigenvalue weighted by atomic mass is 35.5. The summed E-state index contributed by atoms with van der Waals surface area (Å²) < 4.78 is 0. The summed E-state index contributed by atoms with van der Waals surface area (Å²) in [6.45, 7) is 2.23. The first-order valence-corrected chi connectivity index (χ1v) is 7.45. The molecule has 0 fully saturated rings. The Morgan fingerprint density at radius 3 is 2.30 bits per heavy atom. The van der Waals surface area contributed by atoms with E-state index in [4.69, 9.17) is 23.2 Å². The van der Waals surface area contributed by atoms with Crippen molar-refractivity contribution in [2.75, 3.05) is 6.61 Å². The van der Waals surface area contributed by atoms with Crippen LogP contribution in [0.5, 0.6) is 0 Å². The lowest BCUT2D eigenvalue weighted by atomic mass is 9.91. The molecule has 0 aliphatic heterocycles. The smallest absolute Gasteiger partial charge is 0.0624 e. The van der Waals surface area contributed by atoms with E-state index in [2.05, 4.69) is 19.1 Å². The summed E-state index contributed by atoms with van der Waals surface area (Å²) in [6.07, 6.45) is 1.57. The van der Waals surface area contributed by atoms with Gasteiger partial charge >= 0.3 is 0 Å². The Bertz CT molecular complexity index is 581. The summed E-state index contributed by atoms with van der Waals surface area (Å²) in [5, 5.41) is 10.8. The Kier molecular flexibility index (Phi) is 5.47. The van der Waals surface area contributed by atoms with Gasteiger partial charge in [0.05, 0.1) is 10.0 Å². The topological polar surface area (TPSA) is 20.2 Å². The molecule has 2 rings (SSSR count). The summed E-state index contributed by atoms with van der Waals surface area (Å²) in [6, 6.07) is 13.9. The predicted octanol–water partition coefficient (Wildman–Crippen LogP) is 4.70. The maximum Gasteiger partial charge on any atom is 0.0624 e. The Morgan fingerprint density at radius 2 is 1.60 bits per heavy atom. The summed E-state index contributed by atoms with van der Waals surface area (Å²) in [7, 11) is 0. The van der Waals surface area contributed by atoms with Gasteiger partial charge in [-0.1, -0.05) is 59.6 Å². The van der Waals surface area contributed by atoms with Crippen molar-refractivity contribution in [1.82, 2.24) is 0 Å². The molecule has 1 unspecified atom stereocenters. The van der Waals surface area contributed by atoms with Crippen LogP contribution in [0.15, 0.2) is 42.5 Å². The average Bonchev–Trinajstić information content (AvgIpc) is 2.45. The largest absolute Gasteiger partial charge is 0.396 e. The van der Waals surface area contributed by atoms with Gasteiger partial charge in [0.15, 0.2) is 0 Å². The van der Waals surface area contributed by atoms with Gasteiger partial charge in [-0.05, 0) is 48.4 Å². The molecule has 20 heavy (non-hydrogen) atoms. The summed E-state index contributed by atoms with van der Waals surface area (Å²) in [5.74, 6) is 0.145. The Hall–Kier alpha value is -1.02. The molecule has 0 aliphatic rings. The number of aryl methyl sites for hydroxylation is 1. The molecule has 3 heteroatoms. The van der Waals surface area contributed by atoms with Gasteiger partial charge in [-0.15, -0.1) is 0 Å². The number of aliphatic hydroxyl groups excluding tert-OH is 1. The Balaban J connectivity index is 2.14. The van der Waals surface area contributed by atoms with Gasteiger partial charge in [0, 0.05) is 6.61 Å². The molecule has 0 spiro atoms. The maximum atomic E-state index is 9.62. The fraction of sp³-hybridized carbons (Fsp3) is 0.294. The minimum atomic E-state index is 0.136. The third kappa shape index (κ3) is 3.76. The van der Waals surface area contributed by atoms with Crippen LogP contribution in [0.2, 0.25) is 10.0 Å². The molecule has 0 heterocycles. The van der Waals surface area contributed by atoms with Crippen molar-refractivity contribution in [3.05, 3.63) is 69.2 Å². The van der Waals surface area contributed by atoms with E-state index in [-0.39, 0.29) is 12.5 Å². The van der Waals surface area contributed by atoms with E-state index >= 15 is 0 Å². The standard InChI is InChI=1S/C17H18Cl2O/c1-12-5-2-3-6-14(12)9-13(11-20)10-15-7-4-8-16(18)17(15)19/h2-8,13,20H,9-11H2,1H3. The van der Waals surface area contributed by atoms with Gasteiger partial charge in [-0.3, -0.25) is 0 Å². The number of hydrogen-bond donors (Lipinski definition) is 1. The molecule has 0 bridgehead atoms. The predicted molar refractivity (Wildman–Crippen MR) is 85.6 cm³/mol. The van der Waals surface area contributed by atoms with E-state index in [1.165, 1.54) is 11.1 Å². The van der Waals surface area contributed by atoms with Crippen LogP contribution >= 0.6 is 23.2 Å². The minimum Gasteiger partial charge on any atom is -0.396 e. The van der Waals surface area contributed by atoms with Crippen LogP contribution in [0.3, 0.4) is 0 Å². The lowest BCUT2D eigenvalue weighted by Gasteiger charge is -2.17. The van der Waals surface area contributed by atoms with Crippen molar-refractivity contribution in [1.29, 1.82) is 0 Å². The number of rotatable bonds is 5. The zero-order chi connectivity index (χ0) is 14.5. The van der Waals surface area contributed by atoms with Crippen molar-refractivity contribution in [2.45, 2.75) is 19.8 Å². The zero-order valence-electron chi connectivity index (χ0n) is 11.4. The van der Waals surface area contributed by atoms with Gasteiger partial charge in [0.25, 0.3) is 0 Å². The van der Waals surface area contributed by atoms with E-state index in [1.54, 1.807) is 6.07 Å². The van der Waals surface area contributed by atoms with Crippen LogP contribution < -0.4 is 0 Å². The van der Waals surface area contributed by atoms with Crippen LogP contribution in [0.25, 0.3) is 0 Å². The number of halogens is 2. The van der Waals surface area contributed by atoms with Crippen molar-refractivity contribution < 1.29 is 5.11 Å². The quantitative estimate of drug-likeness (QED) is 0.849. The van der Waals surface area contributed by atoms with E-state index in [9.17, 15) is 5.11 Å². The highest BCUT2D eigenvalue weighted by Gasteiger charge is 2.14. The van der Waals surface area contributed by atoms with Crippen LogP contribution in [0.1, 0.15) is 16.7 Å². The molecule has 0 aliphatic carbocycles. The average molecular weight is 309 g/mol. The second kappa shape index (κ2) is 7.12. The summed E-state index contributed by atoms with van der Waals surface area (Å²) in [5.41, 5.74) is 3.51. The molecule has 0 amide bonds. The molecule has 1 N–H and O–H groups in total. The molecule has 2 aromatic rings. The molecule has 0 radical (unpaired) electrons. The van der Waals surface area contributed by atoms with Gasteiger partial charge in [0.2, 0.25) is 0 Å². The molecule has 2 aromatic carbocycles. The number of benzene rings is 2. The summed E-state index contributed by atoms with van der Waals surface area (Å²) >= 11 is 12.2. The molecule has 0 aromatic heterocycles. The van der Waals surface area contributed by atoms with Crippen LogP contribution in [0, 0.1) is 12.8 Å². The third-order valence-electron chi connectivity index (χ3n) is 3.57. The van der Waals surface area contributed by atoms with Gasteiger partial charge in [-0.2, -0.15) is 0 Å². The molecule has 106 valence electrons. The highest BCUT2D eigenvalue weighted by molar-refractivity contribution is 6.42. The molecular formula is C17H18Cl2O. The van der Waals surface area contributed by atoms with Crippen molar-refractivity contribution >= 4 is 23.2 Å². The minimum absolute atomic E-state index is 0.136. The first kappa shape index (κ1) is 15.4. The molecular weight excluding hydrogens is 291 g/mol. The fourth-order valence-electron chi connectivity index (χ4n) is 2.37. The highest BCUT2D eigenvalue weighted by Crippen LogP contribution is 2.28. The Labute approximate surface area is 130 Å². The number of hydrogen-bond acceptors (Lipinski definition) is 1. The molecule has 1 nitrogen and oxygen atoms in total. The van der Waals surface area contributed by atoms with Gasteiger partial charge < -0.3 is 5.11 Å². The van der Waals surface area contributed by atoms with Crippen LogP contribution in [0.4, 0.5) is 0 Å². The lowest BCUT2D eigenvalue weighted by Crippen LogP contribution is -2.14. The third-order valence-corrected chi connectivity index (χ3v) is 4.43. The van der Waals surface area contributed by atoms with E-state index < -0.39 is 0 Å². The second-order valence-corrected chi connectivity index (χ2v) is 5.88. The monoisotopic (exact) mass is 308 g/mol. The van der Waals surface area contributed by atoms with Gasteiger partial charge in [-0.25, -0.2) is 0 Å². The summed E-state index contributed by atoms with van der Waals surface area (Å²) in [4.78, 5) is 0. The van der Waals surface area contributed by atoms with Crippen molar-refractivity contribution in [2.24, 2.45) is 5.92 Å². The van der Waals surface area contributed by atoms with Crippen molar-refractivity contribution in [3.8, 4) is 0 Å². The normalized spacial score (nSPS) is 12.4. The number of aliphatic hydroxyl groups is 1. The van der Waals surface area contributed by atoms with E-state index in [1.807, 2.05) is 24.3 Å². The van der Waals surface area contributed by atoms with Crippen LogP contribution in [-0.4, -0.2) is 11.7 Å². The lowest BCUT2D eigenvalue weighted by molar-refractivity contribution is 0.225. The SMILES string of the molecule is Cc1ccccc1CC(CO)Cc1cccc(Cl)c1Cl. The molecule has 1 atom stereocenters. The maximum absolute atomic E-state index is 9.62. The first-order chi connectivity index (χ1) is 9.61. The first-order valence-electron chi connectivity index (χ1n) is 6.70. The van der Waals surface area contributed by atoms with Crippen LogP contribution in [-0.2, 0) is 12.8 Å². The van der Waals surface area contributed by atoms with E-state index in [0.29, 0.717) is 10.0 Å². The molecule has 0 saturated heterocycles. The second-order valence-electron chi connectivity index (χ2n) is 5.10. The fourth-order valence-corrected chi connectivity index (χ4v) is 2.77. The zero-order valence-corrected chi connectivity index (χ0v) is 13.0. The van der Waals surface area contributed by atoms with E-state index in [0.717, 1.165) is 18.4 Å². The van der Waals surface area contributed by atoms with Crippen molar-refractivity contribution in [3.63, 3.8) is 0 Å². The van der Waals surface area contributed by atoms with Gasteiger partial charge in [0.1, 0.15) is 0 Å². The molecule has 0 saturated carbocycles.